The molecule has 0 aliphatic rings. The van der Waals surface area contributed by atoms with Crippen molar-refractivity contribution in [2.45, 2.75) is 11.7 Å². The Hall–Kier alpha value is -2.44. The largest absolute Gasteiger partial charge is 0.497 e. The molecule has 0 bridgehead atoms. The summed E-state index contributed by atoms with van der Waals surface area (Å²) in [6.45, 7) is 5.03. The fourth-order valence-corrected chi connectivity index (χ4v) is 3.36. The number of nitrogens with zero attached hydrogens (tertiary/aromatic N) is 3. The monoisotopic (exact) mass is 401 g/mol. The van der Waals surface area contributed by atoms with E-state index in [1.54, 1.807) is 18.9 Å². The summed E-state index contributed by atoms with van der Waals surface area (Å²) in [7, 11) is 1.64. The molecule has 0 radical (unpaired) electrons. The van der Waals surface area contributed by atoms with Gasteiger partial charge in [-0.15, -0.1) is 16.8 Å². The normalized spacial score (nSPS) is 10.6. The Balaban J connectivity index is 1.62. The van der Waals surface area contributed by atoms with E-state index in [1.807, 2.05) is 59.2 Å². The number of ether oxygens (including phenoxy) is 2. The Morgan fingerprint density at radius 2 is 1.78 bits per heavy atom. The lowest BCUT2D eigenvalue weighted by molar-refractivity contribution is 0.342. The van der Waals surface area contributed by atoms with E-state index in [1.165, 1.54) is 0 Å². The van der Waals surface area contributed by atoms with Gasteiger partial charge in [0, 0.05) is 22.9 Å². The van der Waals surface area contributed by atoms with Gasteiger partial charge in [-0.25, -0.2) is 0 Å². The molecule has 27 heavy (non-hydrogen) atoms. The Labute approximate surface area is 168 Å². The summed E-state index contributed by atoms with van der Waals surface area (Å²) in [6.07, 6.45) is 1.83. The first-order valence-electron chi connectivity index (χ1n) is 8.41. The van der Waals surface area contributed by atoms with Gasteiger partial charge in [0.25, 0.3) is 0 Å². The number of allylic oxidation sites excluding steroid dienone is 1. The molecule has 2 aromatic carbocycles. The van der Waals surface area contributed by atoms with E-state index in [2.05, 4.69) is 16.8 Å². The number of hydrogen-bond acceptors (Lipinski definition) is 5. The Bertz CT molecular complexity index is 879. The molecular weight excluding hydrogens is 382 g/mol. The minimum absolute atomic E-state index is 0.564. The third kappa shape index (κ3) is 5.05. The summed E-state index contributed by atoms with van der Waals surface area (Å²) < 4.78 is 12.9. The number of thioether (sulfide) groups is 1. The fourth-order valence-electron chi connectivity index (χ4n) is 2.47. The van der Waals surface area contributed by atoms with Crippen LogP contribution in [0, 0.1) is 0 Å². The van der Waals surface area contributed by atoms with Gasteiger partial charge in [0.1, 0.15) is 11.5 Å². The van der Waals surface area contributed by atoms with Gasteiger partial charge >= 0.3 is 0 Å². The zero-order chi connectivity index (χ0) is 19.1. The number of methoxy groups -OCH3 is 1. The van der Waals surface area contributed by atoms with Gasteiger partial charge in [0.15, 0.2) is 11.0 Å². The molecule has 0 saturated carbocycles. The van der Waals surface area contributed by atoms with E-state index in [9.17, 15) is 0 Å². The van der Waals surface area contributed by atoms with Crippen molar-refractivity contribution in [3.8, 4) is 22.9 Å². The summed E-state index contributed by atoms with van der Waals surface area (Å²) in [4.78, 5) is 0. The van der Waals surface area contributed by atoms with Gasteiger partial charge in [-0.05, 0) is 48.5 Å². The molecule has 0 amide bonds. The average Bonchev–Trinajstić information content (AvgIpc) is 3.09. The van der Waals surface area contributed by atoms with Gasteiger partial charge in [-0.3, -0.25) is 4.57 Å². The van der Waals surface area contributed by atoms with E-state index >= 15 is 0 Å². The Kier molecular flexibility index (Phi) is 6.79. The first-order chi connectivity index (χ1) is 13.2. The van der Waals surface area contributed by atoms with E-state index in [0.717, 1.165) is 33.8 Å². The van der Waals surface area contributed by atoms with E-state index < -0.39 is 0 Å². The molecule has 3 rings (SSSR count). The van der Waals surface area contributed by atoms with Crippen LogP contribution in [0.5, 0.6) is 11.5 Å². The number of halogens is 1. The van der Waals surface area contributed by atoms with Crippen LogP contribution in [-0.4, -0.2) is 34.2 Å². The van der Waals surface area contributed by atoms with Crippen LogP contribution in [0.15, 0.2) is 66.3 Å². The molecule has 140 valence electrons. The summed E-state index contributed by atoms with van der Waals surface area (Å²) in [5.74, 6) is 3.17. The molecule has 0 saturated heterocycles. The lowest BCUT2D eigenvalue weighted by Crippen LogP contribution is -2.04. The molecule has 0 atom stereocenters. The second-order valence-corrected chi connectivity index (χ2v) is 7.08. The predicted molar refractivity (Wildman–Crippen MR) is 110 cm³/mol. The highest BCUT2D eigenvalue weighted by Gasteiger charge is 2.13. The van der Waals surface area contributed by atoms with Crippen LogP contribution in [0.3, 0.4) is 0 Å². The van der Waals surface area contributed by atoms with Crippen molar-refractivity contribution in [2.75, 3.05) is 19.5 Å². The third-order valence-corrected chi connectivity index (χ3v) is 4.96. The van der Waals surface area contributed by atoms with Crippen LogP contribution in [0.4, 0.5) is 0 Å². The summed E-state index contributed by atoms with van der Waals surface area (Å²) >= 11 is 7.57. The molecular formula is C20H20ClN3O2S. The maximum Gasteiger partial charge on any atom is 0.191 e. The molecule has 0 aliphatic heterocycles. The first kappa shape index (κ1) is 19.3. The number of aromatic nitrogens is 3. The van der Waals surface area contributed by atoms with Gasteiger partial charge in [-0.2, -0.15) is 0 Å². The molecule has 0 fully saturated rings. The smallest absolute Gasteiger partial charge is 0.191 e. The second kappa shape index (κ2) is 9.48. The van der Waals surface area contributed by atoms with Crippen molar-refractivity contribution in [3.05, 3.63) is 66.2 Å². The predicted octanol–water partition coefficient (Wildman–Crippen LogP) is 4.96. The molecule has 1 heterocycles. The Morgan fingerprint density at radius 3 is 2.44 bits per heavy atom. The van der Waals surface area contributed by atoms with Crippen LogP contribution in [0.1, 0.15) is 0 Å². The SMILES string of the molecule is C=CCn1c(SCCOc2ccc(OC)cc2)nnc1-c1ccc(Cl)cc1. The topological polar surface area (TPSA) is 49.2 Å². The minimum Gasteiger partial charge on any atom is -0.497 e. The van der Waals surface area contributed by atoms with E-state index in [0.29, 0.717) is 18.2 Å². The fraction of sp³-hybridized carbons (Fsp3) is 0.200. The number of benzene rings is 2. The summed E-state index contributed by atoms with van der Waals surface area (Å²) in [5.41, 5.74) is 0.968. The van der Waals surface area contributed by atoms with Crippen LogP contribution in [0.2, 0.25) is 5.02 Å². The quantitative estimate of drug-likeness (QED) is 0.288. The third-order valence-electron chi connectivity index (χ3n) is 3.77. The Morgan fingerprint density at radius 1 is 1.07 bits per heavy atom. The average molecular weight is 402 g/mol. The van der Waals surface area contributed by atoms with Crippen molar-refractivity contribution in [3.63, 3.8) is 0 Å². The molecule has 0 spiro atoms. The lowest BCUT2D eigenvalue weighted by Gasteiger charge is -2.09. The first-order valence-corrected chi connectivity index (χ1v) is 9.77. The zero-order valence-corrected chi connectivity index (χ0v) is 16.5. The van der Waals surface area contributed by atoms with Gasteiger partial charge < -0.3 is 9.47 Å². The van der Waals surface area contributed by atoms with Gasteiger partial charge in [-0.1, -0.05) is 29.4 Å². The van der Waals surface area contributed by atoms with Crippen molar-refractivity contribution in [1.29, 1.82) is 0 Å². The van der Waals surface area contributed by atoms with Crippen LogP contribution in [0.25, 0.3) is 11.4 Å². The molecule has 1 aromatic heterocycles. The van der Waals surface area contributed by atoms with Crippen LogP contribution >= 0.6 is 23.4 Å². The van der Waals surface area contributed by atoms with E-state index in [-0.39, 0.29) is 0 Å². The molecule has 7 heteroatoms. The molecule has 3 aromatic rings. The molecule has 0 unspecified atom stereocenters. The highest BCUT2D eigenvalue weighted by Crippen LogP contribution is 2.25. The van der Waals surface area contributed by atoms with Crippen molar-refractivity contribution < 1.29 is 9.47 Å². The van der Waals surface area contributed by atoms with Crippen molar-refractivity contribution >= 4 is 23.4 Å². The van der Waals surface area contributed by atoms with Crippen molar-refractivity contribution in [2.24, 2.45) is 0 Å². The van der Waals surface area contributed by atoms with Crippen molar-refractivity contribution in [1.82, 2.24) is 14.8 Å². The highest BCUT2D eigenvalue weighted by molar-refractivity contribution is 7.99. The highest BCUT2D eigenvalue weighted by atomic mass is 35.5. The number of rotatable bonds is 9. The van der Waals surface area contributed by atoms with Crippen LogP contribution < -0.4 is 9.47 Å². The van der Waals surface area contributed by atoms with Gasteiger partial charge in [0.2, 0.25) is 0 Å². The van der Waals surface area contributed by atoms with Gasteiger partial charge in [0.05, 0.1) is 13.7 Å². The minimum atomic E-state index is 0.564. The van der Waals surface area contributed by atoms with E-state index in [4.69, 9.17) is 21.1 Å². The second-order valence-electron chi connectivity index (χ2n) is 5.58. The maximum atomic E-state index is 5.97. The summed E-state index contributed by atoms with van der Waals surface area (Å²) in [6, 6.07) is 15.1. The number of hydrogen-bond donors (Lipinski definition) is 0. The van der Waals surface area contributed by atoms with Crippen LogP contribution in [-0.2, 0) is 6.54 Å². The standard InChI is InChI=1S/C20H20ClN3O2S/c1-3-12-24-19(15-4-6-16(21)7-5-15)22-23-20(24)27-14-13-26-18-10-8-17(25-2)9-11-18/h3-11H,1,12-14H2,2H3. The maximum absolute atomic E-state index is 5.97. The molecule has 0 aliphatic carbocycles. The molecule has 0 N–H and O–H groups in total. The summed E-state index contributed by atoms with van der Waals surface area (Å²) in [5, 5.41) is 10.2. The molecule has 5 nitrogen and oxygen atoms in total. The lowest BCUT2D eigenvalue weighted by atomic mass is 10.2. The zero-order valence-electron chi connectivity index (χ0n) is 15.0.